The molecule has 1 saturated heterocycles. The molecule has 0 N–H and O–H groups in total. The first-order chi connectivity index (χ1) is 15.7. The van der Waals surface area contributed by atoms with Gasteiger partial charge in [0.1, 0.15) is 19.3 Å². The van der Waals surface area contributed by atoms with Crippen molar-refractivity contribution in [1.29, 1.82) is 5.26 Å². The van der Waals surface area contributed by atoms with Crippen molar-refractivity contribution in [1.82, 2.24) is 9.80 Å². The van der Waals surface area contributed by atoms with Crippen LogP contribution in [0.2, 0.25) is 0 Å². The molecule has 162 valence electrons. The van der Waals surface area contributed by atoms with E-state index in [0.717, 1.165) is 32.4 Å². The molecule has 1 amide bonds. The van der Waals surface area contributed by atoms with Crippen molar-refractivity contribution < 1.29 is 14.3 Å². The van der Waals surface area contributed by atoms with Gasteiger partial charge in [-0.05, 0) is 41.5 Å². The van der Waals surface area contributed by atoms with Crippen LogP contribution in [0.25, 0.3) is 10.4 Å². The lowest BCUT2D eigenvalue weighted by Gasteiger charge is -2.36. The first-order valence-electron chi connectivity index (χ1n) is 10.7. The summed E-state index contributed by atoms with van der Waals surface area (Å²) in [5.74, 6) is 1.56. The molecule has 1 atom stereocenters. The minimum absolute atomic E-state index is 0.0478. The van der Waals surface area contributed by atoms with Gasteiger partial charge in [0, 0.05) is 31.1 Å². The van der Waals surface area contributed by atoms with Crippen molar-refractivity contribution >= 4 is 17.2 Å². The molecule has 1 unspecified atom stereocenters. The van der Waals surface area contributed by atoms with Gasteiger partial charge in [-0.15, -0.1) is 11.3 Å². The number of amides is 1. The van der Waals surface area contributed by atoms with Gasteiger partial charge in [0.15, 0.2) is 11.5 Å². The standard InChI is InChI=1S/C25H23N3O3S/c26-17-20(18-4-2-1-3-5-18)27-10-12-28(13-11-27)25(29)24-9-8-23(32-24)19-6-7-21-22(16-19)31-15-14-30-21/h1-9,16,20H,10-15H2. The second-order valence-corrected chi connectivity index (χ2v) is 8.88. The summed E-state index contributed by atoms with van der Waals surface area (Å²) in [6.07, 6.45) is 0. The summed E-state index contributed by atoms with van der Waals surface area (Å²) < 4.78 is 11.3. The summed E-state index contributed by atoms with van der Waals surface area (Å²) in [5.41, 5.74) is 2.01. The zero-order chi connectivity index (χ0) is 21.9. The van der Waals surface area contributed by atoms with Crippen LogP contribution >= 0.6 is 11.3 Å². The Balaban J connectivity index is 1.25. The van der Waals surface area contributed by atoms with Gasteiger partial charge in [-0.2, -0.15) is 5.26 Å². The zero-order valence-electron chi connectivity index (χ0n) is 17.6. The fourth-order valence-corrected chi connectivity index (χ4v) is 5.12. The Morgan fingerprint density at radius 3 is 2.44 bits per heavy atom. The molecule has 0 saturated carbocycles. The summed E-state index contributed by atoms with van der Waals surface area (Å²) in [7, 11) is 0. The summed E-state index contributed by atoms with van der Waals surface area (Å²) >= 11 is 1.49. The number of ether oxygens (including phenoxy) is 2. The van der Waals surface area contributed by atoms with Crippen molar-refractivity contribution in [3.05, 3.63) is 71.1 Å². The van der Waals surface area contributed by atoms with E-state index >= 15 is 0 Å². The van der Waals surface area contributed by atoms with Crippen LogP contribution in [-0.2, 0) is 0 Å². The molecule has 3 aromatic rings. The first kappa shape index (κ1) is 20.6. The molecule has 1 aromatic heterocycles. The number of carbonyl (C=O) groups excluding carboxylic acids is 1. The average molecular weight is 446 g/mol. The lowest BCUT2D eigenvalue weighted by atomic mass is 10.1. The minimum Gasteiger partial charge on any atom is -0.486 e. The maximum atomic E-state index is 13.1. The maximum Gasteiger partial charge on any atom is 0.264 e. The number of thiophene rings is 1. The molecular weight excluding hydrogens is 422 g/mol. The summed E-state index contributed by atoms with van der Waals surface area (Å²) in [5, 5.41) is 9.68. The van der Waals surface area contributed by atoms with Crippen LogP contribution in [0.4, 0.5) is 0 Å². The van der Waals surface area contributed by atoms with Crippen molar-refractivity contribution in [2.24, 2.45) is 0 Å². The molecule has 2 aliphatic heterocycles. The highest BCUT2D eigenvalue weighted by Crippen LogP contribution is 2.37. The molecule has 0 aliphatic carbocycles. The Kier molecular flexibility index (Phi) is 5.80. The van der Waals surface area contributed by atoms with Crippen molar-refractivity contribution in [3.63, 3.8) is 0 Å². The molecule has 5 rings (SSSR count). The van der Waals surface area contributed by atoms with Gasteiger partial charge in [0.2, 0.25) is 0 Å². The predicted octanol–water partition coefficient (Wildman–Crippen LogP) is 4.21. The fourth-order valence-electron chi connectivity index (χ4n) is 4.15. The van der Waals surface area contributed by atoms with E-state index in [9.17, 15) is 10.1 Å². The summed E-state index contributed by atoms with van der Waals surface area (Å²) in [6.45, 7) is 3.70. The molecule has 1 fully saturated rings. The number of rotatable bonds is 4. The number of piperazine rings is 1. The van der Waals surface area contributed by atoms with Gasteiger partial charge in [-0.3, -0.25) is 9.69 Å². The summed E-state index contributed by atoms with van der Waals surface area (Å²) in [4.78, 5) is 18.9. The smallest absolute Gasteiger partial charge is 0.264 e. The van der Waals surface area contributed by atoms with Gasteiger partial charge in [-0.25, -0.2) is 0 Å². The topological polar surface area (TPSA) is 65.8 Å². The van der Waals surface area contributed by atoms with Crippen LogP contribution < -0.4 is 9.47 Å². The lowest BCUT2D eigenvalue weighted by Crippen LogP contribution is -2.49. The minimum atomic E-state index is -0.281. The first-order valence-corrected chi connectivity index (χ1v) is 11.5. The van der Waals surface area contributed by atoms with Gasteiger partial charge in [-0.1, -0.05) is 30.3 Å². The fraction of sp³-hybridized carbons (Fsp3) is 0.280. The van der Waals surface area contributed by atoms with Gasteiger partial charge in [0.05, 0.1) is 10.9 Å². The largest absolute Gasteiger partial charge is 0.486 e. The Morgan fingerprint density at radius 1 is 0.938 bits per heavy atom. The Hall–Kier alpha value is -3.34. The molecule has 6 nitrogen and oxygen atoms in total. The van der Waals surface area contributed by atoms with Gasteiger partial charge in [0.25, 0.3) is 5.91 Å². The van der Waals surface area contributed by atoms with Gasteiger partial charge >= 0.3 is 0 Å². The van der Waals surface area contributed by atoms with Crippen LogP contribution in [0.5, 0.6) is 11.5 Å². The number of carbonyl (C=O) groups is 1. The monoisotopic (exact) mass is 445 g/mol. The Bertz CT molecular complexity index is 1150. The quantitative estimate of drug-likeness (QED) is 0.602. The molecule has 3 heterocycles. The van der Waals surface area contributed by atoms with Crippen molar-refractivity contribution in [2.75, 3.05) is 39.4 Å². The summed E-state index contributed by atoms with van der Waals surface area (Å²) in [6, 6.07) is 21.7. The SMILES string of the molecule is N#CC(c1ccccc1)N1CCN(C(=O)c2ccc(-c3ccc4c(c3)OCCO4)s2)CC1. The van der Waals surface area contributed by atoms with Crippen LogP contribution in [-0.4, -0.2) is 55.1 Å². The highest BCUT2D eigenvalue weighted by Gasteiger charge is 2.28. The third-order valence-electron chi connectivity index (χ3n) is 5.85. The van der Waals surface area contributed by atoms with E-state index in [4.69, 9.17) is 9.47 Å². The van der Waals surface area contributed by atoms with Gasteiger partial charge < -0.3 is 14.4 Å². The average Bonchev–Trinajstić information content (AvgIpc) is 3.35. The third kappa shape index (κ3) is 4.07. The van der Waals surface area contributed by atoms with E-state index in [-0.39, 0.29) is 11.9 Å². The second-order valence-electron chi connectivity index (χ2n) is 7.79. The molecule has 32 heavy (non-hydrogen) atoms. The normalized spacial score (nSPS) is 16.9. The highest BCUT2D eigenvalue weighted by atomic mass is 32.1. The third-order valence-corrected chi connectivity index (χ3v) is 6.97. The lowest BCUT2D eigenvalue weighted by molar-refractivity contribution is 0.0611. The van der Waals surface area contributed by atoms with E-state index in [1.54, 1.807) is 0 Å². The molecule has 0 radical (unpaired) electrons. The molecule has 0 bridgehead atoms. The molecule has 0 spiro atoms. The number of benzene rings is 2. The number of hydrogen-bond donors (Lipinski definition) is 0. The molecular formula is C25H23N3O3S. The van der Waals surface area contributed by atoms with E-state index < -0.39 is 0 Å². The number of hydrogen-bond acceptors (Lipinski definition) is 6. The number of nitriles is 1. The second kappa shape index (κ2) is 9.03. The van der Waals surface area contributed by atoms with E-state index in [1.165, 1.54) is 11.3 Å². The molecule has 7 heteroatoms. The van der Waals surface area contributed by atoms with Crippen molar-refractivity contribution in [3.8, 4) is 28.0 Å². The number of fused-ring (bicyclic) bond motifs is 1. The van der Waals surface area contributed by atoms with E-state index in [2.05, 4.69) is 11.0 Å². The zero-order valence-corrected chi connectivity index (χ0v) is 18.4. The van der Waals surface area contributed by atoms with Crippen molar-refractivity contribution in [2.45, 2.75) is 6.04 Å². The Morgan fingerprint density at radius 2 is 1.69 bits per heavy atom. The number of nitrogens with zero attached hydrogens (tertiary/aromatic N) is 3. The molecule has 2 aliphatic rings. The predicted molar refractivity (Wildman–Crippen MR) is 123 cm³/mol. The van der Waals surface area contributed by atoms with E-state index in [1.807, 2.05) is 65.6 Å². The van der Waals surface area contributed by atoms with Crippen LogP contribution in [0.3, 0.4) is 0 Å². The van der Waals surface area contributed by atoms with Crippen LogP contribution in [0.1, 0.15) is 21.3 Å². The highest BCUT2D eigenvalue weighted by molar-refractivity contribution is 7.17. The van der Waals surface area contributed by atoms with E-state index in [0.29, 0.717) is 39.4 Å². The molecule has 2 aromatic carbocycles. The Labute approximate surface area is 191 Å². The maximum absolute atomic E-state index is 13.1. The van der Waals surface area contributed by atoms with Crippen LogP contribution in [0, 0.1) is 11.3 Å². The van der Waals surface area contributed by atoms with Crippen LogP contribution in [0.15, 0.2) is 60.7 Å².